The van der Waals surface area contributed by atoms with Crippen LogP contribution in [0.2, 0.25) is 0 Å². The van der Waals surface area contributed by atoms with Crippen LogP contribution in [-0.2, 0) is 0 Å². The van der Waals surface area contributed by atoms with Crippen LogP contribution in [0.15, 0.2) is 27.8 Å². The second-order valence-corrected chi connectivity index (χ2v) is 5.32. The lowest BCUT2D eigenvalue weighted by atomic mass is 10.1. The van der Waals surface area contributed by atoms with Crippen molar-refractivity contribution >= 4 is 11.7 Å². The van der Waals surface area contributed by atoms with Gasteiger partial charge in [-0.3, -0.25) is 9.59 Å². The molecule has 0 bridgehead atoms. The van der Waals surface area contributed by atoms with Crippen LogP contribution in [0.1, 0.15) is 29.1 Å². The number of piperidine rings is 1. The summed E-state index contributed by atoms with van der Waals surface area (Å²) >= 11 is 0. The van der Waals surface area contributed by atoms with E-state index in [1.165, 1.54) is 6.20 Å². The molecule has 8 heteroatoms. The average molecular weight is 303 g/mol. The van der Waals surface area contributed by atoms with Crippen molar-refractivity contribution in [3.63, 3.8) is 0 Å². The van der Waals surface area contributed by atoms with Gasteiger partial charge in [0.2, 0.25) is 0 Å². The summed E-state index contributed by atoms with van der Waals surface area (Å²) in [7, 11) is 0. The molecule has 116 valence electrons. The molecule has 0 spiro atoms. The molecule has 3 rings (SSSR count). The zero-order chi connectivity index (χ0) is 15.5. The Morgan fingerprint density at radius 3 is 3.14 bits per heavy atom. The van der Waals surface area contributed by atoms with Crippen LogP contribution < -0.4 is 15.8 Å². The predicted molar refractivity (Wildman–Crippen MR) is 78.8 cm³/mol. The number of hydrogen-bond donors (Lipinski definition) is 2. The molecule has 0 unspecified atom stereocenters. The Kier molecular flexibility index (Phi) is 3.90. The molecule has 0 saturated carbocycles. The maximum absolute atomic E-state index is 12.1. The third kappa shape index (κ3) is 3.00. The number of hydrogen-bond acceptors (Lipinski definition) is 6. The predicted octanol–water partition coefficient (Wildman–Crippen LogP) is 0.465. The van der Waals surface area contributed by atoms with E-state index in [4.69, 9.17) is 4.52 Å². The van der Waals surface area contributed by atoms with Gasteiger partial charge in [0.05, 0.1) is 0 Å². The highest BCUT2D eigenvalue weighted by molar-refractivity contribution is 5.92. The molecule has 1 aliphatic heterocycles. The van der Waals surface area contributed by atoms with Crippen molar-refractivity contribution in [2.45, 2.75) is 25.8 Å². The van der Waals surface area contributed by atoms with Gasteiger partial charge in [-0.05, 0) is 19.8 Å². The van der Waals surface area contributed by atoms with E-state index in [1.807, 2.05) is 4.90 Å². The van der Waals surface area contributed by atoms with Crippen molar-refractivity contribution in [3.05, 3.63) is 40.3 Å². The number of aromatic amines is 1. The summed E-state index contributed by atoms with van der Waals surface area (Å²) in [6, 6.07) is 1.54. The van der Waals surface area contributed by atoms with Crippen LogP contribution in [0.5, 0.6) is 0 Å². The normalized spacial score (nSPS) is 18.2. The second kappa shape index (κ2) is 6.00. The molecule has 1 fully saturated rings. The van der Waals surface area contributed by atoms with Crippen molar-refractivity contribution in [3.8, 4) is 0 Å². The Balaban J connectivity index is 1.67. The van der Waals surface area contributed by atoms with Gasteiger partial charge in [0.15, 0.2) is 11.5 Å². The number of anilines is 1. The van der Waals surface area contributed by atoms with Gasteiger partial charge < -0.3 is 19.7 Å². The summed E-state index contributed by atoms with van der Waals surface area (Å²) in [4.78, 5) is 32.5. The summed E-state index contributed by atoms with van der Waals surface area (Å²) in [5.41, 5.74) is 0.0481. The van der Waals surface area contributed by atoms with Crippen LogP contribution in [0.4, 0.5) is 5.82 Å². The first-order valence-electron chi connectivity index (χ1n) is 7.16. The smallest absolute Gasteiger partial charge is 0.290 e. The van der Waals surface area contributed by atoms with Crippen LogP contribution in [0.25, 0.3) is 0 Å². The third-order valence-electron chi connectivity index (χ3n) is 3.61. The summed E-state index contributed by atoms with van der Waals surface area (Å²) in [5, 5.41) is 6.63. The minimum Gasteiger partial charge on any atom is -0.361 e. The molecular weight excluding hydrogens is 286 g/mol. The molecule has 2 aromatic heterocycles. The number of amides is 1. The lowest BCUT2D eigenvalue weighted by Crippen LogP contribution is -2.49. The highest BCUT2D eigenvalue weighted by Gasteiger charge is 2.25. The van der Waals surface area contributed by atoms with E-state index in [9.17, 15) is 9.59 Å². The van der Waals surface area contributed by atoms with E-state index < -0.39 is 0 Å². The maximum Gasteiger partial charge on any atom is 0.290 e. The maximum atomic E-state index is 12.1. The molecule has 1 aliphatic rings. The van der Waals surface area contributed by atoms with Crippen molar-refractivity contribution < 1.29 is 9.32 Å². The van der Waals surface area contributed by atoms with Gasteiger partial charge in [-0.25, -0.2) is 4.98 Å². The number of carbonyl (C=O) groups excluding carboxylic acids is 1. The molecule has 0 aliphatic carbocycles. The SMILES string of the molecule is Cc1cc(C(=O)N[C@H]2CCCN(c3ncc[nH]c3=O)C2)no1. The summed E-state index contributed by atoms with van der Waals surface area (Å²) in [6.45, 7) is 3.03. The first kappa shape index (κ1) is 14.3. The number of aromatic nitrogens is 3. The van der Waals surface area contributed by atoms with Gasteiger partial charge in [-0.15, -0.1) is 0 Å². The van der Waals surface area contributed by atoms with E-state index in [2.05, 4.69) is 20.4 Å². The fraction of sp³-hybridized carbons (Fsp3) is 0.429. The molecule has 0 aromatic carbocycles. The van der Waals surface area contributed by atoms with Crippen molar-refractivity contribution in [1.82, 2.24) is 20.4 Å². The summed E-state index contributed by atoms with van der Waals surface area (Å²) in [5.74, 6) is 0.716. The largest absolute Gasteiger partial charge is 0.361 e. The molecule has 2 N–H and O–H groups in total. The second-order valence-electron chi connectivity index (χ2n) is 5.32. The van der Waals surface area contributed by atoms with Gasteiger partial charge in [0.1, 0.15) is 5.76 Å². The van der Waals surface area contributed by atoms with E-state index in [0.717, 1.165) is 19.4 Å². The monoisotopic (exact) mass is 303 g/mol. The lowest BCUT2D eigenvalue weighted by Gasteiger charge is -2.33. The molecule has 0 radical (unpaired) electrons. The number of rotatable bonds is 3. The molecule has 1 saturated heterocycles. The average Bonchev–Trinajstić information content (AvgIpc) is 2.95. The number of carbonyl (C=O) groups is 1. The van der Waals surface area contributed by atoms with Crippen molar-refractivity contribution in [2.75, 3.05) is 18.0 Å². The van der Waals surface area contributed by atoms with Crippen LogP contribution >= 0.6 is 0 Å². The minimum atomic E-state index is -0.265. The third-order valence-corrected chi connectivity index (χ3v) is 3.61. The summed E-state index contributed by atoms with van der Waals surface area (Å²) in [6.07, 6.45) is 4.78. The Morgan fingerprint density at radius 2 is 2.41 bits per heavy atom. The topological polar surface area (TPSA) is 104 Å². The van der Waals surface area contributed by atoms with Crippen molar-refractivity contribution in [1.29, 1.82) is 0 Å². The zero-order valence-corrected chi connectivity index (χ0v) is 12.2. The van der Waals surface area contributed by atoms with Gasteiger partial charge in [-0.2, -0.15) is 0 Å². The fourth-order valence-corrected chi connectivity index (χ4v) is 2.59. The Labute approximate surface area is 126 Å². The number of nitrogens with zero attached hydrogens (tertiary/aromatic N) is 3. The standard InChI is InChI=1S/C14H17N5O3/c1-9-7-11(18-22-9)13(20)17-10-3-2-6-19(8-10)12-14(21)16-5-4-15-12/h4-5,7,10H,2-3,6,8H2,1H3,(H,16,21)(H,17,20)/t10-/m0/s1. The number of nitrogens with one attached hydrogen (secondary N) is 2. The summed E-state index contributed by atoms with van der Waals surface area (Å²) < 4.78 is 4.90. The Bertz CT molecular complexity index is 723. The zero-order valence-electron chi connectivity index (χ0n) is 12.2. The molecular formula is C14H17N5O3. The van der Waals surface area contributed by atoms with Crippen LogP contribution in [-0.4, -0.2) is 40.2 Å². The molecule has 1 atom stereocenters. The molecule has 22 heavy (non-hydrogen) atoms. The Morgan fingerprint density at radius 1 is 1.55 bits per heavy atom. The van der Waals surface area contributed by atoms with E-state index in [1.54, 1.807) is 19.2 Å². The van der Waals surface area contributed by atoms with E-state index in [-0.39, 0.29) is 23.2 Å². The van der Waals surface area contributed by atoms with Crippen LogP contribution in [0.3, 0.4) is 0 Å². The minimum absolute atomic E-state index is 0.0559. The quantitative estimate of drug-likeness (QED) is 0.854. The number of H-pyrrole nitrogens is 1. The highest BCUT2D eigenvalue weighted by atomic mass is 16.5. The molecule has 8 nitrogen and oxygen atoms in total. The first-order chi connectivity index (χ1) is 10.6. The van der Waals surface area contributed by atoms with Gasteiger partial charge >= 0.3 is 0 Å². The van der Waals surface area contributed by atoms with E-state index >= 15 is 0 Å². The molecule has 2 aromatic rings. The Hall–Kier alpha value is -2.64. The molecule has 1 amide bonds. The number of aryl methyl sites for hydroxylation is 1. The van der Waals surface area contributed by atoms with Crippen LogP contribution in [0, 0.1) is 6.92 Å². The van der Waals surface area contributed by atoms with Crippen molar-refractivity contribution in [2.24, 2.45) is 0 Å². The highest BCUT2D eigenvalue weighted by Crippen LogP contribution is 2.14. The first-order valence-corrected chi connectivity index (χ1v) is 7.16. The fourth-order valence-electron chi connectivity index (χ4n) is 2.59. The van der Waals surface area contributed by atoms with E-state index in [0.29, 0.717) is 18.1 Å². The van der Waals surface area contributed by atoms with Gasteiger partial charge in [0.25, 0.3) is 11.5 Å². The molecule has 3 heterocycles. The van der Waals surface area contributed by atoms with Gasteiger partial charge in [-0.1, -0.05) is 5.16 Å². The van der Waals surface area contributed by atoms with Gasteiger partial charge in [0, 0.05) is 37.6 Å². The lowest BCUT2D eigenvalue weighted by molar-refractivity contribution is 0.0924.